The molecule has 1 rings (SSSR count). The average Bonchev–Trinajstić information content (AvgIpc) is 2.16. The lowest BCUT2D eigenvalue weighted by atomic mass is 10.1. The van der Waals surface area contributed by atoms with Crippen LogP contribution in [-0.4, -0.2) is 9.91 Å². The molecule has 0 saturated heterocycles. The van der Waals surface area contributed by atoms with Crippen molar-refractivity contribution in [1.29, 1.82) is 0 Å². The highest BCUT2D eigenvalue weighted by Gasteiger charge is 2.22. The number of hydrogen-bond donors (Lipinski definition) is 1. The minimum absolute atomic E-state index is 0.115. The second-order valence-electron chi connectivity index (χ2n) is 2.90. The predicted molar refractivity (Wildman–Crippen MR) is 48.5 cm³/mol. The van der Waals surface area contributed by atoms with Gasteiger partial charge in [0.1, 0.15) is 0 Å². The molecule has 1 aromatic heterocycles. The van der Waals surface area contributed by atoms with Gasteiger partial charge < -0.3 is 15.8 Å². The molecule has 0 atom stereocenters. The number of aromatic nitrogens is 1. The van der Waals surface area contributed by atoms with E-state index in [4.69, 9.17) is 5.73 Å². The van der Waals surface area contributed by atoms with E-state index in [1.165, 1.54) is 6.92 Å². The van der Waals surface area contributed by atoms with Crippen LogP contribution in [0.3, 0.4) is 0 Å². The minimum Gasteiger partial charge on any atom is -0.358 e. The van der Waals surface area contributed by atoms with Crippen molar-refractivity contribution in [2.45, 2.75) is 19.9 Å². The molecule has 0 aliphatic heterocycles. The van der Waals surface area contributed by atoms with E-state index in [0.717, 1.165) is 6.07 Å². The number of hydrogen-bond acceptors (Lipinski definition) is 4. The number of halogens is 2. The van der Waals surface area contributed by atoms with Gasteiger partial charge in [-0.05, 0) is 9.91 Å². The van der Waals surface area contributed by atoms with Crippen molar-refractivity contribution in [3.05, 3.63) is 33.0 Å². The zero-order valence-electron chi connectivity index (χ0n) is 7.91. The van der Waals surface area contributed by atoms with Crippen LogP contribution in [0.5, 0.6) is 0 Å². The summed E-state index contributed by atoms with van der Waals surface area (Å²) in [6.07, 6.45) is -2.79. The van der Waals surface area contributed by atoms with Crippen molar-refractivity contribution < 1.29 is 13.7 Å². The van der Waals surface area contributed by atoms with Crippen molar-refractivity contribution in [2.24, 2.45) is 5.73 Å². The maximum absolute atomic E-state index is 12.5. The van der Waals surface area contributed by atoms with Crippen LogP contribution in [0, 0.1) is 17.0 Å². The first-order valence-corrected chi connectivity index (χ1v) is 4.10. The average molecular weight is 217 g/mol. The molecule has 7 heteroatoms. The van der Waals surface area contributed by atoms with Gasteiger partial charge in [-0.2, -0.15) is 0 Å². The molecule has 0 amide bonds. The first-order chi connectivity index (χ1) is 6.97. The van der Waals surface area contributed by atoms with E-state index in [1.54, 1.807) is 0 Å². The largest absolute Gasteiger partial charge is 0.364 e. The van der Waals surface area contributed by atoms with Crippen molar-refractivity contribution in [3.63, 3.8) is 0 Å². The Labute approximate surface area is 84.1 Å². The van der Waals surface area contributed by atoms with E-state index in [-0.39, 0.29) is 17.8 Å². The van der Waals surface area contributed by atoms with Crippen LogP contribution >= 0.6 is 0 Å². The van der Waals surface area contributed by atoms with Crippen LogP contribution in [-0.2, 0) is 6.54 Å². The highest BCUT2D eigenvalue weighted by molar-refractivity contribution is 5.38. The number of pyridine rings is 1. The maximum atomic E-state index is 12.5. The normalized spacial score (nSPS) is 10.7. The van der Waals surface area contributed by atoms with Crippen LogP contribution in [0.15, 0.2) is 6.07 Å². The quantitative estimate of drug-likeness (QED) is 0.617. The standard InChI is InChI=1S/C8H9F2N3O2/c1-4-6(3-11)5(8(9)10)2-7(12-4)13(14)15/h2,8H,3,11H2,1H3. The Bertz CT molecular complexity index is 396. The predicted octanol–water partition coefficient (Wildman–Crippen LogP) is 1.69. The molecule has 0 aliphatic carbocycles. The van der Waals surface area contributed by atoms with Gasteiger partial charge in [-0.25, -0.2) is 8.78 Å². The lowest BCUT2D eigenvalue weighted by molar-refractivity contribution is -0.389. The summed E-state index contributed by atoms with van der Waals surface area (Å²) in [7, 11) is 0. The van der Waals surface area contributed by atoms with Gasteiger partial charge in [0.05, 0.1) is 0 Å². The third kappa shape index (κ3) is 2.24. The fourth-order valence-electron chi connectivity index (χ4n) is 1.26. The van der Waals surface area contributed by atoms with Gasteiger partial charge in [-0.3, -0.25) is 0 Å². The smallest absolute Gasteiger partial charge is 0.358 e. The summed E-state index contributed by atoms with van der Waals surface area (Å²) in [6, 6.07) is 0.764. The fraction of sp³-hybridized carbons (Fsp3) is 0.375. The molecule has 0 aromatic carbocycles. The highest BCUT2D eigenvalue weighted by atomic mass is 19.3. The number of aryl methyl sites for hydroxylation is 1. The number of nitrogens with two attached hydrogens (primary N) is 1. The highest BCUT2D eigenvalue weighted by Crippen LogP contribution is 2.27. The molecule has 1 heterocycles. The molecule has 0 fully saturated rings. The number of nitrogens with zero attached hydrogens (tertiary/aromatic N) is 2. The van der Waals surface area contributed by atoms with Crippen LogP contribution in [0.2, 0.25) is 0 Å². The van der Waals surface area contributed by atoms with Crippen LogP contribution in [0.1, 0.15) is 23.2 Å². The monoisotopic (exact) mass is 217 g/mol. The molecule has 5 nitrogen and oxygen atoms in total. The molecule has 0 bridgehead atoms. The Balaban J connectivity index is 3.38. The molecule has 0 radical (unpaired) electrons. The molecule has 0 saturated carbocycles. The third-order valence-electron chi connectivity index (χ3n) is 1.98. The van der Waals surface area contributed by atoms with Crippen LogP contribution in [0.25, 0.3) is 0 Å². The van der Waals surface area contributed by atoms with Crippen molar-refractivity contribution in [1.82, 2.24) is 4.98 Å². The van der Waals surface area contributed by atoms with E-state index in [9.17, 15) is 18.9 Å². The molecule has 0 spiro atoms. The minimum atomic E-state index is -2.79. The lowest BCUT2D eigenvalue weighted by Crippen LogP contribution is -2.08. The molecular weight excluding hydrogens is 208 g/mol. The van der Waals surface area contributed by atoms with Gasteiger partial charge in [0.25, 0.3) is 6.43 Å². The number of nitro groups is 1. The molecular formula is C8H9F2N3O2. The van der Waals surface area contributed by atoms with Gasteiger partial charge >= 0.3 is 5.82 Å². The molecule has 2 N–H and O–H groups in total. The fourth-order valence-corrected chi connectivity index (χ4v) is 1.26. The zero-order valence-corrected chi connectivity index (χ0v) is 7.91. The summed E-state index contributed by atoms with van der Waals surface area (Å²) < 4.78 is 25.1. The Kier molecular flexibility index (Phi) is 3.25. The first kappa shape index (κ1) is 11.4. The maximum Gasteiger partial charge on any atom is 0.364 e. The van der Waals surface area contributed by atoms with E-state index in [1.807, 2.05) is 0 Å². The Morgan fingerprint density at radius 3 is 2.67 bits per heavy atom. The van der Waals surface area contributed by atoms with Crippen molar-refractivity contribution in [3.8, 4) is 0 Å². The van der Waals surface area contributed by atoms with Gasteiger partial charge in [0.15, 0.2) is 5.69 Å². The summed E-state index contributed by atoms with van der Waals surface area (Å²) in [5, 5.41) is 10.4. The molecule has 0 unspecified atom stereocenters. The second-order valence-corrected chi connectivity index (χ2v) is 2.90. The van der Waals surface area contributed by atoms with Gasteiger partial charge in [0.2, 0.25) is 0 Å². The Hall–Kier alpha value is -1.63. The molecule has 1 aromatic rings. The Morgan fingerprint density at radius 2 is 2.27 bits per heavy atom. The van der Waals surface area contributed by atoms with Gasteiger partial charge in [0, 0.05) is 30.7 Å². The van der Waals surface area contributed by atoms with E-state index >= 15 is 0 Å². The van der Waals surface area contributed by atoms with Crippen LogP contribution in [0.4, 0.5) is 14.6 Å². The van der Waals surface area contributed by atoms with Crippen LogP contribution < -0.4 is 5.73 Å². The molecule has 82 valence electrons. The summed E-state index contributed by atoms with van der Waals surface area (Å²) in [6.45, 7) is 1.30. The SMILES string of the molecule is Cc1nc([N+](=O)[O-])cc(C(F)F)c1CN. The van der Waals surface area contributed by atoms with Gasteiger partial charge in [-0.15, -0.1) is 0 Å². The first-order valence-electron chi connectivity index (χ1n) is 4.10. The Morgan fingerprint density at radius 1 is 1.67 bits per heavy atom. The van der Waals surface area contributed by atoms with E-state index in [0.29, 0.717) is 0 Å². The topological polar surface area (TPSA) is 82.0 Å². The van der Waals surface area contributed by atoms with Crippen molar-refractivity contribution >= 4 is 5.82 Å². The lowest BCUT2D eigenvalue weighted by Gasteiger charge is -2.06. The second kappa shape index (κ2) is 4.26. The summed E-state index contributed by atoms with van der Waals surface area (Å²) in [5.41, 5.74) is 5.18. The summed E-state index contributed by atoms with van der Waals surface area (Å²) >= 11 is 0. The molecule has 0 aliphatic rings. The van der Waals surface area contributed by atoms with E-state index < -0.39 is 22.7 Å². The third-order valence-corrected chi connectivity index (χ3v) is 1.98. The van der Waals surface area contributed by atoms with E-state index in [2.05, 4.69) is 4.98 Å². The van der Waals surface area contributed by atoms with Crippen molar-refractivity contribution in [2.75, 3.05) is 0 Å². The number of alkyl halides is 2. The molecule has 15 heavy (non-hydrogen) atoms. The zero-order chi connectivity index (χ0) is 11.6. The van der Waals surface area contributed by atoms with Gasteiger partial charge in [-0.1, -0.05) is 0 Å². The number of rotatable bonds is 3. The summed E-state index contributed by atoms with van der Waals surface area (Å²) in [4.78, 5) is 13.2. The summed E-state index contributed by atoms with van der Waals surface area (Å²) in [5.74, 6) is -0.583.